The first kappa shape index (κ1) is 27.1. The first-order valence-electron chi connectivity index (χ1n) is 13.0. The first-order chi connectivity index (χ1) is 20.0. The predicted octanol–water partition coefficient (Wildman–Crippen LogP) is 6.96. The number of rotatable bonds is 11. The summed E-state index contributed by atoms with van der Waals surface area (Å²) in [6.07, 6.45) is 3.81. The molecule has 4 aromatic carbocycles. The Kier molecular flexibility index (Phi) is 8.05. The maximum absolute atomic E-state index is 12.6. The molecular formula is C32H27N3O6. The molecule has 0 unspecified atom stereocenters. The van der Waals surface area contributed by atoms with Crippen molar-refractivity contribution in [2.75, 3.05) is 6.61 Å². The van der Waals surface area contributed by atoms with Crippen LogP contribution in [0.25, 0.3) is 21.7 Å². The second-order valence-corrected chi connectivity index (χ2v) is 9.15. The molecule has 1 amide bonds. The number of nitrogens with one attached hydrogen (secondary N) is 1. The molecule has 0 spiro atoms. The van der Waals surface area contributed by atoms with Crippen LogP contribution in [-0.2, 0) is 13.0 Å². The molecule has 5 rings (SSSR count). The van der Waals surface area contributed by atoms with Gasteiger partial charge >= 0.3 is 5.91 Å². The molecule has 0 bridgehead atoms. The Morgan fingerprint density at radius 2 is 1.85 bits per heavy atom. The normalized spacial score (nSPS) is 11.1. The number of hydrogen-bond donors (Lipinski definition) is 1. The van der Waals surface area contributed by atoms with Gasteiger partial charge in [0.05, 0.1) is 17.7 Å². The van der Waals surface area contributed by atoms with E-state index in [0.717, 1.165) is 21.9 Å². The van der Waals surface area contributed by atoms with E-state index in [0.29, 0.717) is 47.7 Å². The van der Waals surface area contributed by atoms with Crippen molar-refractivity contribution in [3.63, 3.8) is 0 Å². The zero-order valence-electron chi connectivity index (χ0n) is 22.3. The molecule has 1 heterocycles. The van der Waals surface area contributed by atoms with Gasteiger partial charge in [-0.25, -0.2) is 5.43 Å². The molecule has 0 saturated carbocycles. The van der Waals surface area contributed by atoms with Gasteiger partial charge in [0.1, 0.15) is 12.2 Å². The fraction of sp³-hybridized carbons (Fsp3) is 0.125. The van der Waals surface area contributed by atoms with Crippen molar-refractivity contribution in [2.45, 2.75) is 20.0 Å². The minimum Gasteiger partial charge on any atom is -0.490 e. The molecule has 41 heavy (non-hydrogen) atoms. The molecule has 0 radical (unpaired) electrons. The van der Waals surface area contributed by atoms with Crippen LogP contribution in [0.5, 0.6) is 11.5 Å². The standard InChI is InChI=1S/C32H27N3O6/c1-3-8-23-15-21(19-33-34-32(36)30-18-25-17-26(35(37)38)13-14-28(25)41-30)16-29(39-4-2)31(23)40-20-24-11-7-10-22-9-5-6-12-27(22)24/h3,5-7,9-19H,1,4,8,20H2,2H3,(H,34,36)/b33-19+. The molecule has 1 N–H and O–H groups in total. The second kappa shape index (κ2) is 12.2. The molecule has 206 valence electrons. The number of nitrogens with zero attached hydrogens (tertiary/aromatic N) is 2. The maximum atomic E-state index is 12.6. The molecule has 0 aliphatic rings. The highest BCUT2D eigenvalue weighted by molar-refractivity contribution is 5.97. The number of non-ortho nitro benzene ring substituents is 1. The number of nitro groups is 1. The third-order valence-electron chi connectivity index (χ3n) is 6.38. The average molecular weight is 550 g/mol. The largest absolute Gasteiger partial charge is 0.490 e. The number of benzene rings is 4. The fourth-order valence-electron chi connectivity index (χ4n) is 4.54. The summed E-state index contributed by atoms with van der Waals surface area (Å²) in [5.41, 5.74) is 5.31. The van der Waals surface area contributed by atoms with Gasteiger partial charge in [-0.05, 0) is 59.5 Å². The number of amides is 1. The number of fused-ring (bicyclic) bond motifs is 2. The molecule has 0 aliphatic carbocycles. The van der Waals surface area contributed by atoms with Crippen LogP contribution in [0.4, 0.5) is 5.69 Å². The Morgan fingerprint density at radius 3 is 2.66 bits per heavy atom. The van der Waals surface area contributed by atoms with Gasteiger partial charge in [0.25, 0.3) is 5.69 Å². The lowest BCUT2D eigenvalue weighted by Crippen LogP contribution is -2.16. The Bertz CT molecular complexity index is 1780. The summed E-state index contributed by atoms with van der Waals surface area (Å²) in [5, 5.41) is 17.8. The lowest BCUT2D eigenvalue weighted by atomic mass is 10.0. The van der Waals surface area contributed by atoms with Crippen LogP contribution in [0.2, 0.25) is 0 Å². The number of furan rings is 1. The smallest absolute Gasteiger partial charge is 0.307 e. The lowest BCUT2D eigenvalue weighted by molar-refractivity contribution is -0.384. The van der Waals surface area contributed by atoms with E-state index >= 15 is 0 Å². The van der Waals surface area contributed by atoms with Gasteiger partial charge in [-0.1, -0.05) is 48.5 Å². The monoisotopic (exact) mass is 549 g/mol. The second-order valence-electron chi connectivity index (χ2n) is 9.15. The lowest BCUT2D eigenvalue weighted by Gasteiger charge is -2.17. The number of carbonyl (C=O) groups excluding carboxylic acids is 1. The zero-order chi connectivity index (χ0) is 28.8. The van der Waals surface area contributed by atoms with Gasteiger partial charge in [-0.2, -0.15) is 5.10 Å². The SMILES string of the molecule is C=CCc1cc(/C=N/NC(=O)c2cc3cc([N+](=O)[O-])ccc3o2)cc(OCC)c1OCc1cccc2ccccc12. The van der Waals surface area contributed by atoms with Gasteiger partial charge in [0, 0.05) is 23.1 Å². The van der Waals surface area contributed by atoms with Crippen molar-refractivity contribution in [1.29, 1.82) is 0 Å². The minimum absolute atomic E-state index is 0.0165. The van der Waals surface area contributed by atoms with Crippen LogP contribution < -0.4 is 14.9 Å². The van der Waals surface area contributed by atoms with Crippen LogP contribution >= 0.6 is 0 Å². The van der Waals surface area contributed by atoms with Crippen molar-refractivity contribution in [3.05, 3.63) is 124 Å². The van der Waals surface area contributed by atoms with E-state index in [1.165, 1.54) is 30.5 Å². The molecule has 0 saturated heterocycles. The van der Waals surface area contributed by atoms with Gasteiger partial charge in [-0.3, -0.25) is 14.9 Å². The number of carbonyl (C=O) groups is 1. The maximum Gasteiger partial charge on any atom is 0.307 e. The molecule has 0 atom stereocenters. The van der Waals surface area contributed by atoms with Gasteiger partial charge in [-0.15, -0.1) is 6.58 Å². The topological polar surface area (TPSA) is 116 Å². The van der Waals surface area contributed by atoms with Crippen LogP contribution in [-0.4, -0.2) is 23.7 Å². The van der Waals surface area contributed by atoms with Gasteiger partial charge in [0.15, 0.2) is 17.3 Å². The van der Waals surface area contributed by atoms with Crippen molar-refractivity contribution < 1.29 is 23.6 Å². The number of nitro benzene ring substituents is 1. The molecule has 5 aromatic rings. The number of hydrazone groups is 1. The van der Waals surface area contributed by atoms with Crippen LogP contribution in [0.3, 0.4) is 0 Å². The molecule has 9 nitrogen and oxygen atoms in total. The summed E-state index contributed by atoms with van der Waals surface area (Å²) < 4.78 is 17.8. The third kappa shape index (κ3) is 6.09. The van der Waals surface area contributed by atoms with E-state index in [2.05, 4.69) is 35.3 Å². The predicted molar refractivity (Wildman–Crippen MR) is 158 cm³/mol. The Balaban J connectivity index is 1.35. The van der Waals surface area contributed by atoms with Gasteiger partial charge in [0.2, 0.25) is 0 Å². The zero-order valence-corrected chi connectivity index (χ0v) is 22.3. The van der Waals surface area contributed by atoms with Crippen molar-refractivity contribution in [2.24, 2.45) is 5.10 Å². The van der Waals surface area contributed by atoms with Crippen LogP contribution in [0.15, 0.2) is 101 Å². The third-order valence-corrected chi connectivity index (χ3v) is 6.38. The van der Waals surface area contributed by atoms with E-state index in [9.17, 15) is 14.9 Å². The molecule has 0 aliphatic heterocycles. The highest BCUT2D eigenvalue weighted by Crippen LogP contribution is 2.35. The molecule has 1 aromatic heterocycles. The summed E-state index contributed by atoms with van der Waals surface area (Å²) in [5.74, 6) is 0.569. The van der Waals surface area contributed by atoms with E-state index < -0.39 is 10.8 Å². The highest BCUT2D eigenvalue weighted by atomic mass is 16.6. The summed E-state index contributed by atoms with van der Waals surface area (Å²) in [6.45, 7) is 6.56. The summed E-state index contributed by atoms with van der Waals surface area (Å²) in [6, 6.07) is 23.5. The van der Waals surface area contributed by atoms with Gasteiger partial charge < -0.3 is 13.9 Å². The average Bonchev–Trinajstić information content (AvgIpc) is 3.41. The molecule has 9 heteroatoms. The van der Waals surface area contributed by atoms with E-state index in [4.69, 9.17) is 13.9 Å². The molecular weight excluding hydrogens is 522 g/mol. The highest BCUT2D eigenvalue weighted by Gasteiger charge is 2.16. The van der Waals surface area contributed by atoms with Crippen LogP contribution in [0.1, 0.15) is 34.2 Å². The fourth-order valence-corrected chi connectivity index (χ4v) is 4.54. The van der Waals surface area contributed by atoms with Crippen molar-refractivity contribution >= 4 is 39.6 Å². The van der Waals surface area contributed by atoms with E-state index in [1.807, 2.05) is 37.3 Å². The summed E-state index contributed by atoms with van der Waals surface area (Å²) in [4.78, 5) is 23.1. The summed E-state index contributed by atoms with van der Waals surface area (Å²) >= 11 is 0. The van der Waals surface area contributed by atoms with Crippen molar-refractivity contribution in [1.82, 2.24) is 5.43 Å². The van der Waals surface area contributed by atoms with Crippen LogP contribution in [0, 0.1) is 10.1 Å². The first-order valence-corrected chi connectivity index (χ1v) is 13.0. The Hall–Kier alpha value is -5.44. The minimum atomic E-state index is -0.591. The Morgan fingerprint density at radius 1 is 1.02 bits per heavy atom. The van der Waals surface area contributed by atoms with Crippen molar-refractivity contribution in [3.8, 4) is 11.5 Å². The van der Waals surface area contributed by atoms with E-state index in [1.54, 1.807) is 12.1 Å². The Labute approximate surface area is 235 Å². The number of hydrogen-bond acceptors (Lipinski definition) is 7. The van der Waals surface area contributed by atoms with E-state index in [-0.39, 0.29) is 11.4 Å². The number of allylic oxidation sites excluding steroid dienone is 1. The number of ether oxygens (including phenoxy) is 2. The summed E-state index contributed by atoms with van der Waals surface area (Å²) in [7, 11) is 0. The molecule has 0 fully saturated rings. The quantitative estimate of drug-likeness (QED) is 0.0824.